The lowest BCUT2D eigenvalue weighted by Gasteiger charge is -2.34. The third kappa shape index (κ3) is 5.65. The van der Waals surface area contributed by atoms with Gasteiger partial charge in [-0.1, -0.05) is 24.3 Å². The first-order valence-electron chi connectivity index (χ1n) is 9.49. The van der Waals surface area contributed by atoms with Gasteiger partial charge in [-0.2, -0.15) is 0 Å². The van der Waals surface area contributed by atoms with Crippen LogP contribution in [0.5, 0.6) is 0 Å². The van der Waals surface area contributed by atoms with E-state index in [9.17, 15) is 0 Å². The first-order valence-corrected chi connectivity index (χ1v) is 9.49. The molecule has 2 aromatic rings. The maximum atomic E-state index is 4.34. The summed E-state index contributed by atoms with van der Waals surface area (Å²) in [7, 11) is 1.81. The Labute approximate surface area is 161 Å². The number of nitrogens with zero attached hydrogens (tertiary/aromatic N) is 5. The fraction of sp³-hybridized carbons (Fsp3) is 0.450. The van der Waals surface area contributed by atoms with E-state index in [2.05, 4.69) is 66.6 Å². The van der Waals surface area contributed by atoms with E-state index in [0.717, 1.165) is 57.7 Å². The van der Waals surface area contributed by atoms with Gasteiger partial charge in [-0.05, 0) is 24.1 Å². The van der Waals surface area contributed by atoms with E-state index in [4.69, 9.17) is 0 Å². The molecule has 7 heteroatoms. The van der Waals surface area contributed by atoms with Crippen LogP contribution in [0.4, 0.5) is 5.95 Å². The zero-order valence-corrected chi connectivity index (χ0v) is 16.2. The predicted octanol–water partition coefficient (Wildman–Crippen LogP) is 1.27. The molecular formula is C20H29N7. The second kappa shape index (κ2) is 9.87. The maximum absolute atomic E-state index is 4.34. The summed E-state index contributed by atoms with van der Waals surface area (Å²) in [5, 5.41) is 6.80. The molecular weight excluding hydrogens is 338 g/mol. The lowest BCUT2D eigenvalue weighted by atomic mass is 10.1. The molecule has 0 bridgehead atoms. The number of hydrogen-bond acceptors (Lipinski definition) is 5. The van der Waals surface area contributed by atoms with Crippen molar-refractivity contribution in [3.8, 4) is 0 Å². The van der Waals surface area contributed by atoms with Crippen LogP contribution in [0, 0.1) is 6.92 Å². The molecule has 1 aliphatic heterocycles. The van der Waals surface area contributed by atoms with Gasteiger partial charge in [0.25, 0.3) is 0 Å². The van der Waals surface area contributed by atoms with Crippen molar-refractivity contribution in [2.24, 2.45) is 4.99 Å². The zero-order chi connectivity index (χ0) is 18.9. The van der Waals surface area contributed by atoms with E-state index in [-0.39, 0.29) is 0 Å². The fourth-order valence-corrected chi connectivity index (χ4v) is 3.17. The first-order chi connectivity index (χ1) is 13.3. The summed E-state index contributed by atoms with van der Waals surface area (Å²) in [6, 6.07) is 10.3. The van der Waals surface area contributed by atoms with Crippen molar-refractivity contribution in [2.45, 2.75) is 13.5 Å². The molecule has 0 saturated carbocycles. The molecule has 144 valence electrons. The van der Waals surface area contributed by atoms with Gasteiger partial charge in [-0.25, -0.2) is 9.97 Å². The minimum absolute atomic E-state index is 0.780. The predicted molar refractivity (Wildman–Crippen MR) is 110 cm³/mol. The number of rotatable bonds is 6. The smallest absolute Gasteiger partial charge is 0.225 e. The SMILES string of the molecule is CN=C(NCCN1CCN(c2ncccn2)CC1)NCc1ccccc1C. The summed E-state index contributed by atoms with van der Waals surface area (Å²) in [4.78, 5) is 17.7. The quantitative estimate of drug-likeness (QED) is 0.592. The third-order valence-electron chi connectivity index (χ3n) is 4.86. The Hall–Kier alpha value is -2.67. The molecule has 0 aliphatic carbocycles. The van der Waals surface area contributed by atoms with Gasteiger partial charge in [-0.15, -0.1) is 0 Å². The minimum Gasteiger partial charge on any atom is -0.355 e. The largest absolute Gasteiger partial charge is 0.355 e. The van der Waals surface area contributed by atoms with E-state index in [1.54, 1.807) is 12.4 Å². The second-order valence-electron chi connectivity index (χ2n) is 6.66. The third-order valence-corrected chi connectivity index (χ3v) is 4.86. The van der Waals surface area contributed by atoms with Gasteiger partial charge in [-0.3, -0.25) is 9.89 Å². The summed E-state index contributed by atoms with van der Waals surface area (Å²) in [5.74, 6) is 1.67. The molecule has 1 saturated heterocycles. The number of anilines is 1. The molecule has 1 fully saturated rings. The van der Waals surface area contributed by atoms with Crippen molar-refractivity contribution >= 4 is 11.9 Å². The summed E-state index contributed by atoms with van der Waals surface area (Å²) in [6.07, 6.45) is 3.60. The lowest BCUT2D eigenvalue weighted by Crippen LogP contribution is -2.49. The van der Waals surface area contributed by atoms with Crippen molar-refractivity contribution in [3.63, 3.8) is 0 Å². The van der Waals surface area contributed by atoms with Crippen LogP contribution in [-0.2, 0) is 6.54 Å². The zero-order valence-electron chi connectivity index (χ0n) is 16.2. The van der Waals surface area contributed by atoms with Crippen LogP contribution in [0.2, 0.25) is 0 Å². The van der Waals surface area contributed by atoms with Crippen molar-refractivity contribution in [1.29, 1.82) is 0 Å². The molecule has 0 atom stereocenters. The summed E-state index contributed by atoms with van der Waals surface area (Å²) < 4.78 is 0. The van der Waals surface area contributed by atoms with Crippen molar-refractivity contribution in [1.82, 2.24) is 25.5 Å². The fourth-order valence-electron chi connectivity index (χ4n) is 3.17. The molecule has 0 spiro atoms. The number of hydrogen-bond donors (Lipinski definition) is 2. The molecule has 27 heavy (non-hydrogen) atoms. The van der Waals surface area contributed by atoms with E-state index in [1.807, 2.05) is 13.1 Å². The number of nitrogens with one attached hydrogen (secondary N) is 2. The second-order valence-corrected chi connectivity index (χ2v) is 6.66. The van der Waals surface area contributed by atoms with Crippen molar-refractivity contribution in [2.75, 3.05) is 51.2 Å². The van der Waals surface area contributed by atoms with Crippen LogP contribution in [-0.4, -0.2) is 67.1 Å². The molecule has 3 rings (SSSR count). The molecule has 0 amide bonds. The topological polar surface area (TPSA) is 68.7 Å². The average Bonchev–Trinajstić information content (AvgIpc) is 2.73. The van der Waals surface area contributed by atoms with Crippen LogP contribution in [0.3, 0.4) is 0 Å². The van der Waals surface area contributed by atoms with Crippen molar-refractivity contribution in [3.05, 3.63) is 53.9 Å². The highest BCUT2D eigenvalue weighted by Crippen LogP contribution is 2.09. The monoisotopic (exact) mass is 367 g/mol. The number of guanidine groups is 1. The molecule has 0 unspecified atom stereocenters. The molecule has 1 aromatic carbocycles. The van der Waals surface area contributed by atoms with Gasteiger partial charge >= 0.3 is 0 Å². The summed E-state index contributed by atoms with van der Waals surface area (Å²) >= 11 is 0. The molecule has 1 aliphatic rings. The highest BCUT2D eigenvalue weighted by Gasteiger charge is 2.18. The Balaban J connectivity index is 1.36. The Morgan fingerprint density at radius 1 is 1.04 bits per heavy atom. The first kappa shape index (κ1) is 19.1. The van der Waals surface area contributed by atoms with Crippen LogP contribution in [0.1, 0.15) is 11.1 Å². The van der Waals surface area contributed by atoms with E-state index < -0.39 is 0 Å². The molecule has 7 nitrogen and oxygen atoms in total. The van der Waals surface area contributed by atoms with E-state index in [0.29, 0.717) is 0 Å². The van der Waals surface area contributed by atoms with Crippen LogP contribution >= 0.6 is 0 Å². The standard InChI is InChI=1S/C20H29N7/c1-17-6-3-4-7-18(17)16-25-19(21-2)22-10-11-26-12-14-27(15-13-26)20-23-8-5-9-24-20/h3-9H,10-16H2,1-2H3,(H2,21,22,25). The Kier molecular flexibility index (Phi) is 6.98. The van der Waals surface area contributed by atoms with E-state index in [1.165, 1.54) is 11.1 Å². The molecule has 2 heterocycles. The maximum Gasteiger partial charge on any atom is 0.225 e. The summed E-state index contributed by atoms with van der Waals surface area (Å²) in [6.45, 7) is 8.75. The lowest BCUT2D eigenvalue weighted by molar-refractivity contribution is 0.260. The van der Waals surface area contributed by atoms with Gasteiger partial charge < -0.3 is 15.5 Å². The molecule has 0 radical (unpaired) electrons. The Bertz CT molecular complexity index is 724. The normalized spacial score (nSPS) is 15.6. The van der Waals surface area contributed by atoms with Gasteiger partial charge in [0.15, 0.2) is 5.96 Å². The number of piperazine rings is 1. The van der Waals surface area contributed by atoms with Gasteiger partial charge in [0.2, 0.25) is 5.95 Å². The van der Waals surface area contributed by atoms with Crippen LogP contribution < -0.4 is 15.5 Å². The highest BCUT2D eigenvalue weighted by atomic mass is 15.3. The summed E-state index contributed by atoms with van der Waals surface area (Å²) in [5.41, 5.74) is 2.58. The number of aliphatic imine (C=N–C) groups is 1. The van der Waals surface area contributed by atoms with Gasteiger partial charge in [0.05, 0.1) is 0 Å². The van der Waals surface area contributed by atoms with Gasteiger partial charge in [0, 0.05) is 65.3 Å². The van der Waals surface area contributed by atoms with Crippen LogP contribution in [0.25, 0.3) is 0 Å². The number of aromatic nitrogens is 2. The average molecular weight is 368 g/mol. The number of benzene rings is 1. The highest BCUT2D eigenvalue weighted by molar-refractivity contribution is 5.79. The Morgan fingerprint density at radius 2 is 1.78 bits per heavy atom. The minimum atomic E-state index is 0.780. The molecule has 1 aromatic heterocycles. The van der Waals surface area contributed by atoms with Gasteiger partial charge in [0.1, 0.15) is 0 Å². The van der Waals surface area contributed by atoms with Crippen LogP contribution in [0.15, 0.2) is 47.7 Å². The van der Waals surface area contributed by atoms with Crippen molar-refractivity contribution < 1.29 is 0 Å². The van der Waals surface area contributed by atoms with E-state index >= 15 is 0 Å². The molecule has 2 N–H and O–H groups in total. The Morgan fingerprint density at radius 3 is 2.48 bits per heavy atom. The number of aryl methyl sites for hydroxylation is 1.